The Balaban J connectivity index is 2.67. The fraction of sp³-hybridized carbons (Fsp3) is 0.700. The Labute approximate surface area is 110 Å². The molecule has 1 heterocycles. The molecule has 0 aliphatic rings. The van der Waals surface area contributed by atoms with E-state index in [4.69, 9.17) is 0 Å². The second-order valence-electron chi connectivity index (χ2n) is 3.66. The van der Waals surface area contributed by atoms with Gasteiger partial charge in [0.15, 0.2) is 0 Å². The number of hydrogen-bond donors (Lipinski definition) is 1. The van der Waals surface area contributed by atoms with Crippen molar-refractivity contribution in [2.24, 2.45) is 0 Å². The molecule has 1 N–H and O–H groups in total. The van der Waals surface area contributed by atoms with E-state index < -0.39 is 0 Å². The molecule has 1 amide bonds. The van der Waals surface area contributed by atoms with Gasteiger partial charge in [-0.3, -0.25) is 4.79 Å². The molecule has 5 nitrogen and oxygen atoms in total. The molecule has 0 saturated carbocycles. The van der Waals surface area contributed by atoms with Crippen molar-refractivity contribution >= 4 is 34.1 Å². The van der Waals surface area contributed by atoms with Gasteiger partial charge in [-0.1, -0.05) is 11.3 Å². The van der Waals surface area contributed by atoms with Crippen LogP contribution in [-0.2, 0) is 0 Å². The molecule has 17 heavy (non-hydrogen) atoms. The van der Waals surface area contributed by atoms with Crippen molar-refractivity contribution in [2.45, 2.75) is 19.9 Å². The van der Waals surface area contributed by atoms with Crippen LogP contribution in [0.3, 0.4) is 0 Å². The fourth-order valence-electron chi connectivity index (χ4n) is 1.24. The predicted octanol–water partition coefficient (Wildman–Crippen LogP) is 1.79. The van der Waals surface area contributed by atoms with Gasteiger partial charge in [-0.25, -0.2) is 0 Å². The van der Waals surface area contributed by atoms with Gasteiger partial charge in [0.1, 0.15) is 0 Å². The number of carbonyl (C=O) groups is 1. The Morgan fingerprint density at radius 1 is 1.59 bits per heavy atom. The van der Waals surface area contributed by atoms with Crippen LogP contribution in [0.1, 0.15) is 23.6 Å². The average molecular weight is 274 g/mol. The van der Waals surface area contributed by atoms with Crippen molar-refractivity contribution in [1.82, 2.24) is 15.1 Å². The van der Waals surface area contributed by atoms with E-state index in [1.165, 1.54) is 11.3 Å². The molecule has 0 aliphatic carbocycles. The van der Waals surface area contributed by atoms with Crippen molar-refractivity contribution < 1.29 is 4.79 Å². The molecule has 1 aromatic rings. The van der Waals surface area contributed by atoms with Crippen LogP contribution < -0.4 is 5.32 Å². The number of anilines is 1. The van der Waals surface area contributed by atoms with Crippen LogP contribution >= 0.6 is 23.1 Å². The summed E-state index contributed by atoms with van der Waals surface area (Å²) in [5.74, 6) is 0.856. The maximum atomic E-state index is 12.1. The molecule has 0 aromatic carbocycles. The summed E-state index contributed by atoms with van der Waals surface area (Å²) < 4.78 is 0. The maximum absolute atomic E-state index is 12.1. The van der Waals surface area contributed by atoms with Gasteiger partial charge < -0.3 is 10.2 Å². The van der Waals surface area contributed by atoms with E-state index in [9.17, 15) is 4.79 Å². The van der Waals surface area contributed by atoms with Crippen LogP contribution in [0, 0.1) is 0 Å². The number of carbonyl (C=O) groups excluding carboxylic acids is 1. The number of nitrogens with one attached hydrogen (secondary N) is 1. The maximum Gasteiger partial charge on any atom is 0.284 e. The van der Waals surface area contributed by atoms with Crippen LogP contribution in [0.2, 0.25) is 0 Å². The summed E-state index contributed by atoms with van der Waals surface area (Å²) in [6, 6.07) is 0.198. The summed E-state index contributed by atoms with van der Waals surface area (Å²) in [5, 5.41) is 12.0. The molecule has 96 valence electrons. The van der Waals surface area contributed by atoms with Gasteiger partial charge in [0.2, 0.25) is 10.1 Å². The van der Waals surface area contributed by atoms with Gasteiger partial charge in [-0.2, -0.15) is 11.8 Å². The highest BCUT2D eigenvalue weighted by atomic mass is 32.2. The molecular formula is C10H18N4OS2. The Morgan fingerprint density at radius 2 is 2.29 bits per heavy atom. The van der Waals surface area contributed by atoms with Gasteiger partial charge in [-0.15, -0.1) is 10.2 Å². The molecule has 1 unspecified atom stereocenters. The molecule has 0 bridgehead atoms. The minimum Gasteiger partial charge on any atom is -0.360 e. The molecule has 1 atom stereocenters. The number of aromatic nitrogens is 2. The van der Waals surface area contributed by atoms with Crippen molar-refractivity contribution in [1.29, 1.82) is 0 Å². The topological polar surface area (TPSA) is 58.1 Å². The van der Waals surface area contributed by atoms with E-state index in [0.29, 0.717) is 10.1 Å². The van der Waals surface area contributed by atoms with Gasteiger partial charge in [-0.05, 0) is 20.1 Å². The molecule has 0 spiro atoms. The summed E-state index contributed by atoms with van der Waals surface area (Å²) in [6.45, 7) is 4.79. The minimum absolute atomic E-state index is 0.0618. The second kappa shape index (κ2) is 6.80. The van der Waals surface area contributed by atoms with Crippen LogP contribution in [0.25, 0.3) is 0 Å². The summed E-state index contributed by atoms with van der Waals surface area (Å²) in [7, 11) is 1.80. The largest absolute Gasteiger partial charge is 0.360 e. The molecule has 1 rings (SSSR count). The fourth-order valence-corrected chi connectivity index (χ4v) is 2.74. The average Bonchev–Trinajstić information content (AvgIpc) is 2.76. The van der Waals surface area contributed by atoms with Crippen molar-refractivity contribution in [2.75, 3.05) is 30.9 Å². The lowest BCUT2D eigenvalue weighted by atomic mass is 10.3. The normalized spacial score (nSPS) is 12.2. The molecule has 0 radical (unpaired) electrons. The SMILES string of the molecule is CCNc1nnc(C(=O)N(C)C(C)CSC)s1. The van der Waals surface area contributed by atoms with Crippen LogP contribution in [-0.4, -0.2) is 52.6 Å². The number of amides is 1. The first-order valence-corrected chi connectivity index (χ1v) is 7.64. The Kier molecular flexibility index (Phi) is 5.70. The highest BCUT2D eigenvalue weighted by Crippen LogP contribution is 2.17. The van der Waals surface area contributed by atoms with E-state index in [-0.39, 0.29) is 11.9 Å². The first-order chi connectivity index (χ1) is 8.10. The lowest BCUT2D eigenvalue weighted by molar-refractivity contribution is 0.0756. The molecular weight excluding hydrogens is 256 g/mol. The molecule has 0 fully saturated rings. The highest BCUT2D eigenvalue weighted by molar-refractivity contribution is 7.98. The first kappa shape index (κ1) is 14.2. The zero-order valence-electron chi connectivity index (χ0n) is 10.6. The summed E-state index contributed by atoms with van der Waals surface area (Å²) in [5.41, 5.74) is 0. The van der Waals surface area contributed by atoms with Gasteiger partial charge in [0, 0.05) is 25.4 Å². The van der Waals surface area contributed by atoms with Crippen LogP contribution in [0.15, 0.2) is 0 Å². The van der Waals surface area contributed by atoms with Crippen molar-refractivity contribution in [3.8, 4) is 0 Å². The zero-order chi connectivity index (χ0) is 12.8. The van der Waals surface area contributed by atoms with E-state index >= 15 is 0 Å². The quantitative estimate of drug-likeness (QED) is 0.857. The van der Waals surface area contributed by atoms with Crippen molar-refractivity contribution in [3.63, 3.8) is 0 Å². The molecule has 0 saturated heterocycles. The third-order valence-electron chi connectivity index (χ3n) is 2.33. The van der Waals surface area contributed by atoms with Crippen LogP contribution in [0.4, 0.5) is 5.13 Å². The van der Waals surface area contributed by atoms with E-state index in [2.05, 4.69) is 15.5 Å². The van der Waals surface area contributed by atoms with Crippen molar-refractivity contribution in [3.05, 3.63) is 5.01 Å². The molecule has 1 aromatic heterocycles. The Hall–Kier alpha value is -0.820. The van der Waals surface area contributed by atoms with Gasteiger partial charge in [0.05, 0.1) is 0 Å². The predicted molar refractivity (Wildman–Crippen MR) is 74.0 cm³/mol. The lowest BCUT2D eigenvalue weighted by Crippen LogP contribution is -2.36. The van der Waals surface area contributed by atoms with E-state index in [1.807, 2.05) is 20.1 Å². The summed E-state index contributed by atoms with van der Waals surface area (Å²) in [4.78, 5) is 13.8. The Morgan fingerprint density at radius 3 is 2.88 bits per heavy atom. The summed E-state index contributed by atoms with van der Waals surface area (Å²) >= 11 is 3.02. The molecule has 7 heteroatoms. The monoisotopic (exact) mass is 274 g/mol. The third kappa shape index (κ3) is 3.85. The Bertz CT molecular complexity index is 369. The highest BCUT2D eigenvalue weighted by Gasteiger charge is 2.20. The molecule has 0 aliphatic heterocycles. The van der Waals surface area contributed by atoms with Crippen LogP contribution in [0.5, 0.6) is 0 Å². The minimum atomic E-state index is -0.0618. The second-order valence-corrected chi connectivity index (χ2v) is 5.55. The first-order valence-electron chi connectivity index (χ1n) is 5.43. The lowest BCUT2D eigenvalue weighted by Gasteiger charge is -2.22. The number of thioether (sulfide) groups is 1. The summed E-state index contributed by atoms with van der Waals surface area (Å²) in [6.07, 6.45) is 2.03. The van der Waals surface area contributed by atoms with E-state index in [0.717, 1.165) is 12.3 Å². The third-order valence-corrected chi connectivity index (χ3v) is 4.01. The van der Waals surface area contributed by atoms with Gasteiger partial charge in [0.25, 0.3) is 5.91 Å². The van der Waals surface area contributed by atoms with E-state index in [1.54, 1.807) is 23.7 Å². The number of hydrogen-bond acceptors (Lipinski definition) is 6. The van der Waals surface area contributed by atoms with Gasteiger partial charge >= 0.3 is 0 Å². The zero-order valence-corrected chi connectivity index (χ0v) is 12.2. The number of rotatable bonds is 6. The number of nitrogens with zero attached hydrogens (tertiary/aromatic N) is 3. The smallest absolute Gasteiger partial charge is 0.284 e. The standard InChI is InChI=1S/C10H18N4OS2/c1-5-11-10-13-12-8(17-10)9(15)14(3)7(2)6-16-4/h7H,5-6H2,1-4H3,(H,11,13).